The van der Waals surface area contributed by atoms with E-state index in [2.05, 4.69) is 30.5 Å². The molecule has 4 heterocycles. The zero-order chi connectivity index (χ0) is 18.5. The summed E-state index contributed by atoms with van der Waals surface area (Å²) in [5, 5.41) is 6.56. The van der Waals surface area contributed by atoms with Gasteiger partial charge in [-0.25, -0.2) is 4.98 Å². The number of carbonyl (C=O) groups is 1. The van der Waals surface area contributed by atoms with Crippen LogP contribution in [0.2, 0.25) is 0 Å². The lowest BCUT2D eigenvalue weighted by atomic mass is 9.99. The molecule has 0 aliphatic carbocycles. The van der Waals surface area contributed by atoms with Gasteiger partial charge in [0.1, 0.15) is 5.82 Å². The maximum absolute atomic E-state index is 12.7. The molecule has 2 aliphatic heterocycles. The van der Waals surface area contributed by atoms with E-state index in [-0.39, 0.29) is 11.9 Å². The Morgan fingerprint density at radius 3 is 2.78 bits per heavy atom. The highest BCUT2D eigenvalue weighted by Gasteiger charge is 2.22. The molecule has 0 bridgehead atoms. The SMILES string of the molecule is O=C(NC1CCN(c2cnccn2)CC1)c1cncc(CC2CCNC2)c1. The lowest BCUT2D eigenvalue weighted by Gasteiger charge is -2.32. The second-order valence-corrected chi connectivity index (χ2v) is 7.44. The molecule has 0 spiro atoms. The van der Waals surface area contributed by atoms with Gasteiger partial charge in [0.2, 0.25) is 0 Å². The van der Waals surface area contributed by atoms with E-state index in [0.29, 0.717) is 11.5 Å². The molecule has 1 unspecified atom stereocenters. The zero-order valence-corrected chi connectivity index (χ0v) is 15.5. The van der Waals surface area contributed by atoms with Crippen molar-refractivity contribution in [3.63, 3.8) is 0 Å². The quantitative estimate of drug-likeness (QED) is 0.833. The van der Waals surface area contributed by atoms with Gasteiger partial charge in [-0.3, -0.25) is 14.8 Å². The second kappa shape index (κ2) is 8.43. The van der Waals surface area contributed by atoms with Crippen molar-refractivity contribution in [2.75, 3.05) is 31.1 Å². The van der Waals surface area contributed by atoms with E-state index in [1.54, 1.807) is 24.8 Å². The summed E-state index contributed by atoms with van der Waals surface area (Å²) < 4.78 is 0. The summed E-state index contributed by atoms with van der Waals surface area (Å²) in [4.78, 5) is 27.6. The number of nitrogens with zero attached hydrogens (tertiary/aromatic N) is 4. The van der Waals surface area contributed by atoms with Crippen LogP contribution in [0.5, 0.6) is 0 Å². The summed E-state index contributed by atoms with van der Waals surface area (Å²) in [6.07, 6.45) is 12.7. The molecule has 142 valence electrons. The Balaban J connectivity index is 1.30. The number of nitrogens with one attached hydrogen (secondary N) is 2. The number of piperidine rings is 1. The maximum Gasteiger partial charge on any atom is 0.253 e. The molecule has 2 aliphatic rings. The molecule has 4 rings (SSSR count). The van der Waals surface area contributed by atoms with Crippen LogP contribution in [0.25, 0.3) is 0 Å². The molecule has 27 heavy (non-hydrogen) atoms. The summed E-state index contributed by atoms with van der Waals surface area (Å²) >= 11 is 0. The van der Waals surface area contributed by atoms with Crippen LogP contribution >= 0.6 is 0 Å². The zero-order valence-electron chi connectivity index (χ0n) is 15.5. The number of carbonyl (C=O) groups excluding carboxylic acids is 1. The molecule has 7 heteroatoms. The largest absolute Gasteiger partial charge is 0.355 e. The van der Waals surface area contributed by atoms with Crippen LogP contribution in [-0.4, -0.2) is 53.1 Å². The number of anilines is 1. The van der Waals surface area contributed by atoms with Gasteiger partial charge in [-0.1, -0.05) is 0 Å². The van der Waals surface area contributed by atoms with E-state index in [4.69, 9.17) is 0 Å². The number of aromatic nitrogens is 3. The first-order valence-corrected chi connectivity index (χ1v) is 9.74. The minimum Gasteiger partial charge on any atom is -0.355 e. The number of hydrogen-bond donors (Lipinski definition) is 2. The van der Waals surface area contributed by atoms with E-state index < -0.39 is 0 Å². The van der Waals surface area contributed by atoms with E-state index in [0.717, 1.165) is 56.8 Å². The van der Waals surface area contributed by atoms with Crippen LogP contribution < -0.4 is 15.5 Å². The number of hydrogen-bond acceptors (Lipinski definition) is 6. The summed E-state index contributed by atoms with van der Waals surface area (Å²) in [5.74, 6) is 1.53. The normalized spacial score (nSPS) is 20.6. The van der Waals surface area contributed by atoms with Gasteiger partial charge in [-0.2, -0.15) is 0 Å². The molecule has 2 aromatic heterocycles. The van der Waals surface area contributed by atoms with Crippen molar-refractivity contribution in [2.24, 2.45) is 5.92 Å². The molecule has 2 fully saturated rings. The van der Waals surface area contributed by atoms with E-state index in [9.17, 15) is 4.79 Å². The minimum absolute atomic E-state index is 0.0214. The van der Waals surface area contributed by atoms with Crippen LogP contribution in [0.15, 0.2) is 37.1 Å². The van der Waals surface area contributed by atoms with Crippen molar-refractivity contribution >= 4 is 11.7 Å². The van der Waals surface area contributed by atoms with Gasteiger partial charge in [0.05, 0.1) is 11.8 Å². The van der Waals surface area contributed by atoms with Gasteiger partial charge in [0.25, 0.3) is 5.91 Å². The number of pyridine rings is 1. The average molecular weight is 366 g/mol. The summed E-state index contributed by atoms with van der Waals surface area (Å²) in [7, 11) is 0. The van der Waals surface area contributed by atoms with Gasteiger partial charge in [0.15, 0.2) is 0 Å². The standard InChI is InChI=1S/C20H26N6O/c27-20(17-10-16(12-23-13-17)9-15-1-4-21-11-15)25-18-2-7-26(8-3-18)19-14-22-5-6-24-19/h5-6,10,12-15,18,21H,1-4,7-9,11H2,(H,25,27). The molecule has 0 radical (unpaired) electrons. The van der Waals surface area contributed by atoms with E-state index >= 15 is 0 Å². The van der Waals surface area contributed by atoms with E-state index in [1.807, 2.05) is 12.3 Å². The van der Waals surface area contributed by atoms with Crippen LogP contribution in [0.1, 0.15) is 35.2 Å². The molecule has 1 amide bonds. The minimum atomic E-state index is -0.0214. The molecule has 2 N–H and O–H groups in total. The van der Waals surface area contributed by atoms with Crippen LogP contribution in [0, 0.1) is 5.92 Å². The Morgan fingerprint density at radius 2 is 2.04 bits per heavy atom. The average Bonchev–Trinajstić information content (AvgIpc) is 3.22. The first-order valence-electron chi connectivity index (χ1n) is 9.74. The van der Waals surface area contributed by atoms with Crippen molar-refractivity contribution in [1.82, 2.24) is 25.6 Å². The molecule has 7 nitrogen and oxygen atoms in total. The van der Waals surface area contributed by atoms with Gasteiger partial charge in [-0.05, 0) is 56.3 Å². The topological polar surface area (TPSA) is 83.0 Å². The summed E-state index contributed by atoms with van der Waals surface area (Å²) in [6.45, 7) is 3.89. The predicted octanol–water partition coefficient (Wildman–Crippen LogP) is 1.42. The highest BCUT2D eigenvalue weighted by molar-refractivity contribution is 5.94. The molecule has 2 saturated heterocycles. The highest BCUT2D eigenvalue weighted by atomic mass is 16.1. The van der Waals surface area contributed by atoms with Crippen molar-refractivity contribution in [3.05, 3.63) is 48.2 Å². The monoisotopic (exact) mass is 366 g/mol. The molecule has 1 atom stereocenters. The van der Waals surface area contributed by atoms with Crippen molar-refractivity contribution in [2.45, 2.75) is 31.7 Å². The fourth-order valence-electron chi connectivity index (χ4n) is 3.92. The van der Waals surface area contributed by atoms with Gasteiger partial charge < -0.3 is 15.5 Å². The van der Waals surface area contributed by atoms with Crippen molar-refractivity contribution in [3.8, 4) is 0 Å². The van der Waals surface area contributed by atoms with Crippen molar-refractivity contribution < 1.29 is 4.79 Å². The summed E-state index contributed by atoms with van der Waals surface area (Å²) in [5.41, 5.74) is 1.81. The Labute approximate surface area is 159 Å². The molecule has 2 aromatic rings. The van der Waals surface area contributed by atoms with Crippen LogP contribution in [-0.2, 0) is 6.42 Å². The Hall–Kier alpha value is -2.54. The Morgan fingerprint density at radius 1 is 1.15 bits per heavy atom. The predicted molar refractivity (Wildman–Crippen MR) is 104 cm³/mol. The fraction of sp³-hybridized carbons (Fsp3) is 0.500. The van der Waals surface area contributed by atoms with E-state index in [1.165, 1.54) is 6.42 Å². The fourth-order valence-corrected chi connectivity index (χ4v) is 3.92. The molecular formula is C20H26N6O. The third-order valence-corrected chi connectivity index (χ3v) is 5.45. The highest BCUT2D eigenvalue weighted by Crippen LogP contribution is 2.18. The van der Waals surface area contributed by atoms with Gasteiger partial charge >= 0.3 is 0 Å². The first-order chi connectivity index (χ1) is 13.3. The lowest BCUT2D eigenvalue weighted by molar-refractivity contribution is 0.0930. The molecule has 0 saturated carbocycles. The van der Waals surface area contributed by atoms with Gasteiger partial charge in [0, 0.05) is 43.9 Å². The smallest absolute Gasteiger partial charge is 0.253 e. The van der Waals surface area contributed by atoms with Crippen molar-refractivity contribution in [1.29, 1.82) is 0 Å². The Bertz CT molecular complexity index is 754. The number of rotatable bonds is 5. The third kappa shape index (κ3) is 4.60. The number of amides is 1. The lowest BCUT2D eigenvalue weighted by Crippen LogP contribution is -2.45. The van der Waals surface area contributed by atoms with Crippen LogP contribution in [0.3, 0.4) is 0 Å². The first kappa shape index (κ1) is 17.9. The Kier molecular flexibility index (Phi) is 5.58. The molecule has 0 aromatic carbocycles. The third-order valence-electron chi connectivity index (χ3n) is 5.45. The maximum atomic E-state index is 12.7. The van der Waals surface area contributed by atoms with Gasteiger partial charge in [-0.15, -0.1) is 0 Å². The van der Waals surface area contributed by atoms with Crippen LogP contribution in [0.4, 0.5) is 5.82 Å². The second-order valence-electron chi connectivity index (χ2n) is 7.44. The molecular weight excluding hydrogens is 340 g/mol. The summed E-state index contributed by atoms with van der Waals surface area (Å²) in [6, 6.07) is 2.18.